The second kappa shape index (κ2) is 3.94. The zero-order chi connectivity index (χ0) is 11.8. The van der Waals surface area contributed by atoms with E-state index in [1.54, 1.807) is 0 Å². The topological polar surface area (TPSA) is 13.1 Å². The zero-order valence-corrected chi connectivity index (χ0v) is 10.2. The van der Waals surface area contributed by atoms with Crippen molar-refractivity contribution in [2.45, 2.75) is 6.92 Å². The number of hydrogen-bond acceptors (Lipinski definition) is 1. The monoisotopic (exact) mass is 242 g/mol. The molecule has 0 N–H and O–H groups in total. The number of aryl methyl sites for hydroxylation is 1. The van der Waals surface area contributed by atoms with Gasteiger partial charge in [0.1, 0.15) is 11.3 Å². The van der Waals surface area contributed by atoms with Crippen molar-refractivity contribution >= 4 is 22.6 Å². The number of benzene rings is 2. The van der Waals surface area contributed by atoms with Crippen LogP contribution in [-0.4, -0.2) is 0 Å². The van der Waals surface area contributed by atoms with Gasteiger partial charge in [-0.25, -0.2) is 0 Å². The minimum Gasteiger partial charge on any atom is -0.456 e. The van der Waals surface area contributed by atoms with Crippen LogP contribution >= 0.6 is 11.6 Å². The fourth-order valence-corrected chi connectivity index (χ4v) is 2.05. The molecule has 0 unspecified atom stereocenters. The molecule has 2 aromatic carbocycles. The minimum absolute atomic E-state index is 0.767. The SMILES string of the molecule is Cc1ccc(-c2cc3ccccc3o2)cc1Cl. The van der Waals surface area contributed by atoms with Crippen LogP contribution < -0.4 is 0 Å². The Hall–Kier alpha value is -1.73. The number of hydrogen-bond donors (Lipinski definition) is 0. The van der Waals surface area contributed by atoms with Crippen LogP contribution in [0.4, 0.5) is 0 Å². The molecule has 0 fully saturated rings. The molecule has 1 nitrogen and oxygen atoms in total. The van der Waals surface area contributed by atoms with Crippen LogP contribution in [0.1, 0.15) is 5.56 Å². The Morgan fingerprint density at radius 2 is 1.82 bits per heavy atom. The Morgan fingerprint density at radius 3 is 2.59 bits per heavy atom. The Labute approximate surface area is 105 Å². The fourth-order valence-electron chi connectivity index (χ4n) is 1.87. The predicted octanol–water partition coefficient (Wildman–Crippen LogP) is 5.06. The molecule has 0 amide bonds. The lowest BCUT2D eigenvalue weighted by atomic mass is 10.1. The van der Waals surface area contributed by atoms with Crippen LogP contribution in [0.25, 0.3) is 22.3 Å². The van der Waals surface area contributed by atoms with Crippen LogP contribution in [0.15, 0.2) is 52.9 Å². The van der Waals surface area contributed by atoms with Gasteiger partial charge in [0.2, 0.25) is 0 Å². The van der Waals surface area contributed by atoms with Crippen molar-refractivity contribution in [1.82, 2.24) is 0 Å². The average Bonchev–Trinajstić information content (AvgIpc) is 2.76. The molecular formula is C15H11ClO. The first kappa shape index (κ1) is 10.4. The summed E-state index contributed by atoms with van der Waals surface area (Å²) in [4.78, 5) is 0. The van der Waals surface area contributed by atoms with E-state index >= 15 is 0 Å². The number of fused-ring (bicyclic) bond motifs is 1. The van der Waals surface area contributed by atoms with Crippen LogP contribution in [-0.2, 0) is 0 Å². The van der Waals surface area contributed by atoms with E-state index in [2.05, 4.69) is 0 Å². The van der Waals surface area contributed by atoms with E-state index in [1.165, 1.54) is 0 Å². The molecule has 3 rings (SSSR count). The summed E-state index contributed by atoms with van der Waals surface area (Å²) < 4.78 is 5.79. The predicted molar refractivity (Wildman–Crippen MR) is 71.4 cm³/mol. The molecule has 0 spiro atoms. The highest BCUT2D eigenvalue weighted by Crippen LogP contribution is 2.30. The van der Waals surface area contributed by atoms with Crippen LogP contribution in [0.3, 0.4) is 0 Å². The highest BCUT2D eigenvalue weighted by molar-refractivity contribution is 6.31. The van der Waals surface area contributed by atoms with Gasteiger partial charge in [-0.3, -0.25) is 0 Å². The molecule has 0 bridgehead atoms. The van der Waals surface area contributed by atoms with Crippen molar-refractivity contribution in [2.75, 3.05) is 0 Å². The molecule has 2 heteroatoms. The van der Waals surface area contributed by atoms with E-state index < -0.39 is 0 Å². The van der Waals surface area contributed by atoms with Gasteiger partial charge in [0.05, 0.1) is 0 Å². The third kappa shape index (κ3) is 1.83. The highest BCUT2D eigenvalue weighted by Gasteiger charge is 2.06. The van der Waals surface area contributed by atoms with Gasteiger partial charge >= 0.3 is 0 Å². The lowest BCUT2D eigenvalue weighted by molar-refractivity contribution is 0.631. The van der Waals surface area contributed by atoms with Crippen LogP contribution in [0.2, 0.25) is 5.02 Å². The molecule has 3 aromatic rings. The molecule has 0 aliphatic rings. The summed E-state index contributed by atoms with van der Waals surface area (Å²) in [5.41, 5.74) is 2.99. The third-order valence-electron chi connectivity index (χ3n) is 2.88. The Kier molecular flexibility index (Phi) is 2.41. The lowest BCUT2D eigenvalue weighted by Gasteiger charge is -2.00. The molecule has 17 heavy (non-hydrogen) atoms. The summed E-state index contributed by atoms with van der Waals surface area (Å²) in [5.74, 6) is 0.855. The Balaban J connectivity index is 2.17. The Bertz CT molecular complexity index is 649. The molecule has 0 aliphatic heterocycles. The van der Waals surface area contributed by atoms with Crippen molar-refractivity contribution in [3.63, 3.8) is 0 Å². The molecular weight excluding hydrogens is 232 g/mol. The van der Waals surface area contributed by atoms with Gasteiger partial charge in [-0.05, 0) is 30.7 Å². The standard InChI is InChI=1S/C15H11ClO/c1-10-6-7-12(8-13(10)16)15-9-11-4-2-3-5-14(11)17-15/h2-9H,1H3. The van der Waals surface area contributed by atoms with Gasteiger partial charge in [-0.1, -0.05) is 41.9 Å². The molecule has 84 valence electrons. The summed E-state index contributed by atoms with van der Waals surface area (Å²) >= 11 is 6.12. The minimum atomic E-state index is 0.767. The highest BCUT2D eigenvalue weighted by atomic mass is 35.5. The molecule has 1 aromatic heterocycles. The summed E-state index contributed by atoms with van der Waals surface area (Å²) in [5, 5.41) is 1.88. The first-order valence-corrected chi connectivity index (χ1v) is 5.87. The summed E-state index contributed by atoms with van der Waals surface area (Å²) in [6, 6.07) is 16.0. The fraction of sp³-hybridized carbons (Fsp3) is 0.0667. The van der Waals surface area contributed by atoms with Gasteiger partial charge in [-0.15, -0.1) is 0 Å². The van der Waals surface area contributed by atoms with E-state index in [1.807, 2.05) is 55.5 Å². The van der Waals surface area contributed by atoms with E-state index in [0.29, 0.717) is 0 Å². The van der Waals surface area contributed by atoms with Gasteiger partial charge in [-0.2, -0.15) is 0 Å². The molecule has 0 aliphatic carbocycles. The van der Waals surface area contributed by atoms with Crippen molar-refractivity contribution in [3.8, 4) is 11.3 Å². The smallest absolute Gasteiger partial charge is 0.135 e. The molecule has 0 radical (unpaired) electrons. The van der Waals surface area contributed by atoms with E-state index in [-0.39, 0.29) is 0 Å². The first-order valence-electron chi connectivity index (χ1n) is 5.49. The van der Waals surface area contributed by atoms with E-state index in [4.69, 9.17) is 16.0 Å². The van der Waals surface area contributed by atoms with Crippen molar-refractivity contribution < 1.29 is 4.42 Å². The second-order valence-corrected chi connectivity index (χ2v) is 4.52. The van der Waals surface area contributed by atoms with Gasteiger partial charge in [0.15, 0.2) is 0 Å². The van der Waals surface area contributed by atoms with Gasteiger partial charge in [0.25, 0.3) is 0 Å². The lowest BCUT2D eigenvalue weighted by Crippen LogP contribution is -1.77. The summed E-state index contributed by atoms with van der Waals surface area (Å²) in [6.45, 7) is 1.99. The zero-order valence-electron chi connectivity index (χ0n) is 9.41. The van der Waals surface area contributed by atoms with Crippen molar-refractivity contribution in [2.24, 2.45) is 0 Å². The largest absolute Gasteiger partial charge is 0.456 e. The second-order valence-electron chi connectivity index (χ2n) is 4.11. The number of halogens is 1. The first-order chi connectivity index (χ1) is 8.24. The number of rotatable bonds is 1. The van der Waals surface area contributed by atoms with Gasteiger partial charge in [0, 0.05) is 16.0 Å². The number of para-hydroxylation sites is 1. The quantitative estimate of drug-likeness (QED) is 0.581. The Morgan fingerprint density at radius 1 is 1.00 bits per heavy atom. The van der Waals surface area contributed by atoms with Crippen molar-refractivity contribution in [1.29, 1.82) is 0 Å². The normalized spacial score (nSPS) is 10.9. The summed E-state index contributed by atoms with van der Waals surface area (Å²) in [7, 11) is 0. The van der Waals surface area contributed by atoms with Crippen LogP contribution in [0.5, 0.6) is 0 Å². The average molecular weight is 243 g/mol. The van der Waals surface area contributed by atoms with Gasteiger partial charge < -0.3 is 4.42 Å². The molecule has 1 heterocycles. The van der Waals surface area contributed by atoms with Crippen LogP contribution in [0, 0.1) is 6.92 Å². The maximum Gasteiger partial charge on any atom is 0.135 e. The van der Waals surface area contributed by atoms with E-state index in [9.17, 15) is 0 Å². The van der Waals surface area contributed by atoms with E-state index in [0.717, 1.165) is 32.9 Å². The molecule has 0 saturated heterocycles. The third-order valence-corrected chi connectivity index (χ3v) is 3.29. The molecule has 0 saturated carbocycles. The maximum atomic E-state index is 6.12. The van der Waals surface area contributed by atoms with Crippen molar-refractivity contribution in [3.05, 3.63) is 59.1 Å². The number of furan rings is 1. The maximum absolute atomic E-state index is 6.12. The summed E-state index contributed by atoms with van der Waals surface area (Å²) in [6.07, 6.45) is 0. The molecule has 0 atom stereocenters.